The highest BCUT2D eigenvalue weighted by molar-refractivity contribution is 5.58. The van der Waals surface area contributed by atoms with Crippen LogP contribution in [-0.2, 0) is 19.4 Å². The van der Waals surface area contributed by atoms with Crippen LogP contribution >= 0.6 is 0 Å². The molecule has 0 radical (unpaired) electrons. The molecule has 1 heterocycles. The number of aromatic amines is 1. The summed E-state index contributed by atoms with van der Waals surface area (Å²) in [6.07, 6.45) is 4.54. The zero-order valence-corrected chi connectivity index (χ0v) is 13.0. The van der Waals surface area contributed by atoms with E-state index in [4.69, 9.17) is 5.11 Å². The smallest absolute Gasteiger partial charge is 0.329 e. The Balaban J connectivity index is 1.78. The van der Waals surface area contributed by atoms with Crippen LogP contribution in [0.1, 0.15) is 30.4 Å². The number of aryl methyl sites for hydroxylation is 2. The van der Waals surface area contributed by atoms with Crippen molar-refractivity contribution in [2.24, 2.45) is 0 Å². The first-order valence-corrected chi connectivity index (χ1v) is 8.01. The second-order valence-corrected chi connectivity index (χ2v) is 5.87. The monoisotopic (exact) mass is 315 g/mol. The van der Waals surface area contributed by atoms with Crippen molar-refractivity contribution in [3.63, 3.8) is 0 Å². The molecule has 0 spiro atoms. The second-order valence-electron chi connectivity index (χ2n) is 5.87. The number of aliphatic hydroxyl groups is 1. The Labute approximate surface area is 133 Å². The number of nitrogens with one attached hydrogen (secondary N) is 2. The van der Waals surface area contributed by atoms with Crippen LogP contribution in [0.15, 0.2) is 33.9 Å². The predicted octanol–water partition coefficient (Wildman–Crippen LogP) is 1.54. The van der Waals surface area contributed by atoms with E-state index >= 15 is 0 Å². The van der Waals surface area contributed by atoms with E-state index in [9.17, 15) is 9.59 Å². The molecule has 1 aliphatic carbocycles. The van der Waals surface area contributed by atoms with E-state index in [0.717, 1.165) is 23.1 Å². The first-order chi connectivity index (χ1) is 11.2. The summed E-state index contributed by atoms with van der Waals surface area (Å²) in [6, 6.07) is 7.54. The molecule has 3 N–H and O–H groups in total. The minimum Gasteiger partial charge on any atom is -0.396 e. The van der Waals surface area contributed by atoms with Gasteiger partial charge in [-0.05, 0) is 55.4 Å². The Morgan fingerprint density at radius 3 is 2.74 bits per heavy atom. The number of rotatable bonds is 6. The highest BCUT2D eigenvalue weighted by Gasteiger charge is 2.11. The topological polar surface area (TPSA) is 87.1 Å². The Morgan fingerprint density at radius 2 is 1.96 bits per heavy atom. The lowest BCUT2D eigenvalue weighted by molar-refractivity contribution is 0.280. The number of unbranched alkanes of at least 4 members (excludes halogenated alkanes) is 1. The van der Waals surface area contributed by atoms with Gasteiger partial charge in [0.2, 0.25) is 0 Å². The van der Waals surface area contributed by atoms with Crippen molar-refractivity contribution in [3.05, 3.63) is 56.2 Å². The number of hydrogen-bond acceptors (Lipinski definition) is 4. The molecule has 23 heavy (non-hydrogen) atoms. The van der Waals surface area contributed by atoms with Crippen molar-refractivity contribution in [2.75, 3.05) is 11.9 Å². The van der Waals surface area contributed by atoms with E-state index in [0.29, 0.717) is 25.2 Å². The van der Waals surface area contributed by atoms with Gasteiger partial charge in [-0.2, -0.15) is 0 Å². The Hall–Kier alpha value is -2.34. The largest absolute Gasteiger partial charge is 0.396 e. The Kier molecular flexibility index (Phi) is 4.62. The van der Waals surface area contributed by atoms with Crippen LogP contribution < -0.4 is 16.6 Å². The van der Waals surface area contributed by atoms with Gasteiger partial charge in [0.1, 0.15) is 5.82 Å². The fraction of sp³-hybridized carbons (Fsp3) is 0.412. The van der Waals surface area contributed by atoms with Crippen molar-refractivity contribution in [2.45, 2.75) is 38.6 Å². The van der Waals surface area contributed by atoms with Gasteiger partial charge in [0.15, 0.2) is 0 Å². The lowest BCUT2D eigenvalue weighted by Crippen LogP contribution is -2.35. The number of aliphatic hydroxyl groups excluding tert-OH is 1. The molecular formula is C17H21N3O3. The first kappa shape index (κ1) is 15.6. The number of benzene rings is 1. The molecule has 0 amide bonds. The number of fused-ring (bicyclic) bond motifs is 1. The summed E-state index contributed by atoms with van der Waals surface area (Å²) >= 11 is 0. The summed E-state index contributed by atoms with van der Waals surface area (Å²) in [5, 5.41) is 11.9. The summed E-state index contributed by atoms with van der Waals surface area (Å²) in [7, 11) is 0. The molecule has 3 rings (SSSR count). The molecule has 2 aromatic rings. The average Bonchev–Trinajstić information content (AvgIpc) is 2.98. The number of nitrogens with zero attached hydrogens (tertiary/aromatic N) is 1. The molecule has 1 aliphatic rings. The SMILES string of the molecule is O=c1cc(Nc2ccc3c(c2)CCC3)[nH]c(=O)n1CCCCO. The lowest BCUT2D eigenvalue weighted by Gasteiger charge is -2.10. The normalized spacial score (nSPS) is 13.1. The third-order valence-electron chi connectivity index (χ3n) is 4.19. The quantitative estimate of drug-likeness (QED) is 0.706. The molecule has 0 bridgehead atoms. The standard InChI is InChI=1S/C17H21N3O3/c21-9-2-1-8-20-16(22)11-15(19-17(20)23)18-14-7-6-12-4-3-5-13(12)10-14/h6-7,10-11,18,21H,1-5,8-9H2,(H,19,23). The molecule has 0 saturated carbocycles. The Bertz CT molecular complexity index is 776. The fourth-order valence-electron chi connectivity index (χ4n) is 2.99. The molecule has 1 aromatic heterocycles. The highest BCUT2D eigenvalue weighted by Crippen LogP contribution is 2.25. The minimum atomic E-state index is -0.431. The molecule has 0 aliphatic heterocycles. The van der Waals surface area contributed by atoms with Gasteiger partial charge in [-0.25, -0.2) is 4.79 Å². The molecule has 0 saturated heterocycles. The molecule has 122 valence electrons. The lowest BCUT2D eigenvalue weighted by atomic mass is 10.1. The summed E-state index contributed by atoms with van der Waals surface area (Å²) in [4.78, 5) is 26.8. The van der Waals surface area contributed by atoms with Crippen LogP contribution in [0.4, 0.5) is 11.5 Å². The van der Waals surface area contributed by atoms with Crippen LogP contribution in [0.3, 0.4) is 0 Å². The van der Waals surface area contributed by atoms with E-state index in [1.807, 2.05) is 6.07 Å². The zero-order valence-electron chi connectivity index (χ0n) is 13.0. The van der Waals surface area contributed by atoms with Crippen LogP contribution in [0.2, 0.25) is 0 Å². The van der Waals surface area contributed by atoms with Gasteiger partial charge in [-0.3, -0.25) is 14.3 Å². The molecule has 0 atom stereocenters. The van der Waals surface area contributed by atoms with E-state index in [1.54, 1.807) is 0 Å². The predicted molar refractivity (Wildman–Crippen MR) is 89.4 cm³/mol. The molecule has 6 heteroatoms. The number of hydrogen-bond donors (Lipinski definition) is 3. The van der Waals surface area contributed by atoms with Gasteiger partial charge in [0.25, 0.3) is 5.56 Å². The van der Waals surface area contributed by atoms with Gasteiger partial charge in [0.05, 0.1) is 0 Å². The number of H-pyrrole nitrogens is 1. The van der Waals surface area contributed by atoms with Crippen LogP contribution in [0, 0.1) is 0 Å². The maximum Gasteiger partial charge on any atom is 0.329 e. The summed E-state index contributed by atoms with van der Waals surface area (Å²) < 4.78 is 1.16. The fourth-order valence-corrected chi connectivity index (χ4v) is 2.99. The molecule has 0 unspecified atom stereocenters. The van der Waals surface area contributed by atoms with Crippen molar-refractivity contribution >= 4 is 11.5 Å². The van der Waals surface area contributed by atoms with Gasteiger partial charge in [0, 0.05) is 24.9 Å². The van der Waals surface area contributed by atoms with E-state index in [-0.39, 0.29) is 12.2 Å². The maximum atomic E-state index is 12.1. The molecule has 0 fully saturated rings. The Morgan fingerprint density at radius 1 is 1.13 bits per heavy atom. The van der Waals surface area contributed by atoms with Gasteiger partial charge < -0.3 is 10.4 Å². The van der Waals surface area contributed by atoms with E-state index in [2.05, 4.69) is 22.4 Å². The van der Waals surface area contributed by atoms with Crippen molar-refractivity contribution < 1.29 is 5.11 Å². The van der Waals surface area contributed by atoms with Crippen LogP contribution in [-0.4, -0.2) is 21.3 Å². The van der Waals surface area contributed by atoms with E-state index in [1.165, 1.54) is 23.6 Å². The van der Waals surface area contributed by atoms with Crippen molar-refractivity contribution in [1.29, 1.82) is 0 Å². The third-order valence-corrected chi connectivity index (χ3v) is 4.19. The molecule has 6 nitrogen and oxygen atoms in total. The van der Waals surface area contributed by atoms with Crippen LogP contribution in [0.25, 0.3) is 0 Å². The molecular weight excluding hydrogens is 294 g/mol. The maximum absolute atomic E-state index is 12.1. The third kappa shape index (κ3) is 3.53. The highest BCUT2D eigenvalue weighted by atomic mass is 16.3. The van der Waals surface area contributed by atoms with Crippen LogP contribution in [0.5, 0.6) is 0 Å². The van der Waals surface area contributed by atoms with E-state index < -0.39 is 5.69 Å². The van der Waals surface area contributed by atoms with Crippen molar-refractivity contribution in [1.82, 2.24) is 9.55 Å². The summed E-state index contributed by atoms with van der Waals surface area (Å²) in [5.74, 6) is 0.399. The summed E-state index contributed by atoms with van der Waals surface area (Å²) in [5.41, 5.74) is 2.81. The van der Waals surface area contributed by atoms with Gasteiger partial charge >= 0.3 is 5.69 Å². The number of anilines is 2. The van der Waals surface area contributed by atoms with Crippen molar-refractivity contribution in [3.8, 4) is 0 Å². The average molecular weight is 315 g/mol. The first-order valence-electron chi connectivity index (χ1n) is 8.01. The van der Waals surface area contributed by atoms with Gasteiger partial charge in [-0.15, -0.1) is 0 Å². The minimum absolute atomic E-state index is 0.0601. The summed E-state index contributed by atoms with van der Waals surface area (Å²) in [6.45, 7) is 0.373. The zero-order chi connectivity index (χ0) is 16.2. The second kappa shape index (κ2) is 6.83. The van der Waals surface area contributed by atoms with Gasteiger partial charge in [-0.1, -0.05) is 6.07 Å². The number of aromatic nitrogens is 2. The molecule has 1 aromatic carbocycles.